The number of benzene rings is 1. The SMILES string of the molecule is CCCC(C)(N)C(=O)Nc1ccc(OC)cc1OC. The van der Waals surface area contributed by atoms with E-state index >= 15 is 0 Å². The maximum absolute atomic E-state index is 12.1. The number of hydrogen-bond donors (Lipinski definition) is 2. The Morgan fingerprint density at radius 1 is 1.37 bits per heavy atom. The average molecular weight is 266 g/mol. The zero-order chi connectivity index (χ0) is 14.5. The van der Waals surface area contributed by atoms with Gasteiger partial charge in [-0.2, -0.15) is 0 Å². The van der Waals surface area contributed by atoms with E-state index in [4.69, 9.17) is 15.2 Å². The summed E-state index contributed by atoms with van der Waals surface area (Å²) in [5.41, 5.74) is 5.68. The maximum atomic E-state index is 12.1. The molecule has 0 radical (unpaired) electrons. The van der Waals surface area contributed by atoms with E-state index in [0.29, 0.717) is 23.6 Å². The predicted molar refractivity (Wildman–Crippen MR) is 75.7 cm³/mol. The van der Waals surface area contributed by atoms with Crippen LogP contribution in [0, 0.1) is 0 Å². The molecule has 19 heavy (non-hydrogen) atoms. The van der Waals surface area contributed by atoms with E-state index in [1.165, 1.54) is 7.11 Å². The minimum atomic E-state index is -0.889. The van der Waals surface area contributed by atoms with Crippen LogP contribution in [0.5, 0.6) is 11.5 Å². The van der Waals surface area contributed by atoms with Crippen molar-refractivity contribution in [2.75, 3.05) is 19.5 Å². The fourth-order valence-electron chi connectivity index (χ4n) is 1.80. The zero-order valence-electron chi connectivity index (χ0n) is 11.9. The van der Waals surface area contributed by atoms with Crippen LogP contribution in [0.25, 0.3) is 0 Å². The lowest BCUT2D eigenvalue weighted by molar-refractivity contribution is -0.120. The number of nitrogens with one attached hydrogen (secondary N) is 1. The second-order valence-electron chi connectivity index (χ2n) is 4.69. The average Bonchev–Trinajstić information content (AvgIpc) is 2.39. The van der Waals surface area contributed by atoms with Crippen molar-refractivity contribution in [3.63, 3.8) is 0 Å². The molecule has 5 nitrogen and oxygen atoms in total. The van der Waals surface area contributed by atoms with Gasteiger partial charge in [0.05, 0.1) is 25.4 Å². The summed E-state index contributed by atoms with van der Waals surface area (Å²) in [6.45, 7) is 3.72. The number of ether oxygens (including phenoxy) is 2. The maximum Gasteiger partial charge on any atom is 0.244 e. The highest BCUT2D eigenvalue weighted by molar-refractivity contribution is 5.98. The molecule has 0 aliphatic rings. The molecule has 0 spiro atoms. The molecule has 0 aliphatic heterocycles. The Balaban J connectivity index is 2.90. The van der Waals surface area contributed by atoms with Crippen molar-refractivity contribution in [1.29, 1.82) is 0 Å². The van der Waals surface area contributed by atoms with Crippen LogP contribution >= 0.6 is 0 Å². The number of anilines is 1. The second kappa shape index (κ2) is 6.43. The largest absolute Gasteiger partial charge is 0.497 e. The summed E-state index contributed by atoms with van der Waals surface area (Å²) in [6, 6.07) is 5.20. The van der Waals surface area contributed by atoms with Crippen LogP contribution in [0.15, 0.2) is 18.2 Å². The van der Waals surface area contributed by atoms with E-state index in [0.717, 1.165) is 6.42 Å². The van der Waals surface area contributed by atoms with Crippen LogP contribution < -0.4 is 20.5 Å². The third-order valence-electron chi connectivity index (χ3n) is 2.94. The van der Waals surface area contributed by atoms with Gasteiger partial charge in [-0.15, -0.1) is 0 Å². The Kier molecular flexibility index (Phi) is 5.18. The van der Waals surface area contributed by atoms with Gasteiger partial charge in [0.25, 0.3) is 0 Å². The Morgan fingerprint density at radius 3 is 2.58 bits per heavy atom. The van der Waals surface area contributed by atoms with E-state index in [-0.39, 0.29) is 5.91 Å². The first-order valence-electron chi connectivity index (χ1n) is 6.27. The van der Waals surface area contributed by atoms with E-state index in [1.54, 1.807) is 32.2 Å². The van der Waals surface area contributed by atoms with E-state index < -0.39 is 5.54 Å². The molecule has 0 saturated heterocycles. The van der Waals surface area contributed by atoms with Crippen molar-refractivity contribution in [2.45, 2.75) is 32.2 Å². The Hall–Kier alpha value is -1.75. The highest BCUT2D eigenvalue weighted by atomic mass is 16.5. The third-order valence-corrected chi connectivity index (χ3v) is 2.94. The highest BCUT2D eigenvalue weighted by Gasteiger charge is 2.27. The van der Waals surface area contributed by atoms with Crippen molar-refractivity contribution in [3.05, 3.63) is 18.2 Å². The Bertz CT molecular complexity index is 444. The van der Waals surface area contributed by atoms with Gasteiger partial charge in [-0.1, -0.05) is 13.3 Å². The first-order chi connectivity index (χ1) is 8.94. The molecule has 0 aliphatic carbocycles. The van der Waals surface area contributed by atoms with Crippen molar-refractivity contribution in [3.8, 4) is 11.5 Å². The number of methoxy groups -OCH3 is 2. The standard InChI is InChI=1S/C14H22N2O3/c1-5-8-14(2,15)13(17)16-11-7-6-10(18-3)9-12(11)19-4/h6-7,9H,5,8,15H2,1-4H3,(H,16,17). The minimum absolute atomic E-state index is 0.224. The number of amides is 1. The summed E-state index contributed by atoms with van der Waals surface area (Å²) in [5, 5.41) is 2.79. The Morgan fingerprint density at radius 2 is 2.05 bits per heavy atom. The molecule has 1 amide bonds. The van der Waals surface area contributed by atoms with Crippen molar-refractivity contribution < 1.29 is 14.3 Å². The molecule has 1 aromatic rings. The van der Waals surface area contributed by atoms with Crippen molar-refractivity contribution in [2.24, 2.45) is 5.73 Å². The topological polar surface area (TPSA) is 73.6 Å². The van der Waals surface area contributed by atoms with Gasteiger partial charge in [-0.3, -0.25) is 4.79 Å². The minimum Gasteiger partial charge on any atom is -0.497 e. The summed E-state index contributed by atoms with van der Waals surface area (Å²) >= 11 is 0. The fourth-order valence-corrected chi connectivity index (χ4v) is 1.80. The lowest BCUT2D eigenvalue weighted by Crippen LogP contribution is -2.48. The molecular formula is C14H22N2O3. The molecule has 0 saturated carbocycles. The first kappa shape index (κ1) is 15.3. The van der Waals surface area contributed by atoms with Gasteiger partial charge in [0.1, 0.15) is 11.5 Å². The molecule has 1 rings (SSSR count). The number of hydrogen-bond acceptors (Lipinski definition) is 4. The van der Waals surface area contributed by atoms with Crippen LogP contribution in [0.1, 0.15) is 26.7 Å². The van der Waals surface area contributed by atoms with Crippen molar-refractivity contribution >= 4 is 11.6 Å². The molecule has 1 aromatic carbocycles. The molecule has 5 heteroatoms. The number of carbonyl (C=O) groups excluding carboxylic acids is 1. The van der Waals surface area contributed by atoms with Crippen LogP contribution in [0.4, 0.5) is 5.69 Å². The quantitative estimate of drug-likeness (QED) is 0.827. The number of nitrogens with two attached hydrogens (primary N) is 1. The molecule has 3 N–H and O–H groups in total. The van der Waals surface area contributed by atoms with Gasteiger partial charge in [-0.25, -0.2) is 0 Å². The summed E-state index contributed by atoms with van der Waals surface area (Å²) in [6.07, 6.45) is 1.47. The van der Waals surface area contributed by atoms with Gasteiger partial charge in [-0.05, 0) is 25.5 Å². The summed E-state index contributed by atoms with van der Waals surface area (Å²) in [5.74, 6) is 0.983. The summed E-state index contributed by atoms with van der Waals surface area (Å²) in [7, 11) is 3.11. The first-order valence-corrected chi connectivity index (χ1v) is 6.27. The molecule has 0 bridgehead atoms. The highest BCUT2D eigenvalue weighted by Crippen LogP contribution is 2.29. The molecule has 106 valence electrons. The molecule has 0 fully saturated rings. The van der Waals surface area contributed by atoms with Crippen LogP contribution in [-0.4, -0.2) is 25.7 Å². The van der Waals surface area contributed by atoms with E-state index in [2.05, 4.69) is 5.32 Å². The molecule has 1 atom stereocenters. The van der Waals surface area contributed by atoms with Crippen LogP contribution in [0.2, 0.25) is 0 Å². The lowest BCUT2D eigenvalue weighted by Gasteiger charge is -2.23. The summed E-state index contributed by atoms with van der Waals surface area (Å²) < 4.78 is 10.3. The van der Waals surface area contributed by atoms with Gasteiger partial charge < -0.3 is 20.5 Å². The predicted octanol–water partition coefficient (Wildman–Crippen LogP) is 2.16. The van der Waals surface area contributed by atoms with Gasteiger partial charge >= 0.3 is 0 Å². The van der Waals surface area contributed by atoms with Crippen LogP contribution in [0.3, 0.4) is 0 Å². The van der Waals surface area contributed by atoms with Crippen molar-refractivity contribution in [1.82, 2.24) is 0 Å². The zero-order valence-corrected chi connectivity index (χ0v) is 11.9. The van der Waals surface area contributed by atoms with E-state index in [9.17, 15) is 4.79 Å². The Labute approximate surface area is 114 Å². The van der Waals surface area contributed by atoms with Crippen LogP contribution in [-0.2, 0) is 4.79 Å². The molecular weight excluding hydrogens is 244 g/mol. The number of rotatable bonds is 6. The smallest absolute Gasteiger partial charge is 0.244 e. The van der Waals surface area contributed by atoms with Gasteiger partial charge in [0.2, 0.25) is 5.91 Å². The lowest BCUT2D eigenvalue weighted by atomic mass is 9.96. The number of carbonyl (C=O) groups is 1. The second-order valence-corrected chi connectivity index (χ2v) is 4.69. The molecule has 0 heterocycles. The molecule has 1 unspecified atom stereocenters. The normalized spacial score (nSPS) is 13.5. The third kappa shape index (κ3) is 3.86. The fraction of sp³-hybridized carbons (Fsp3) is 0.500. The van der Waals surface area contributed by atoms with Gasteiger partial charge in [0.15, 0.2) is 0 Å². The van der Waals surface area contributed by atoms with Gasteiger partial charge in [0, 0.05) is 6.07 Å². The monoisotopic (exact) mass is 266 g/mol. The summed E-state index contributed by atoms with van der Waals surface area (Å²) in [4.78, 5) is 12.1. The van der Waals surface area contributed by atoms with E-state index in [1.807, 2.05) is 6.92 Å². The molecule has 0 aromatic heterocycles.